The van der Waals surface area contributed by atoms with Crippen LogP contribution < -0.4 is 15.1 Å². The second kappa shape index (κ2) is 9.23. The highest BCUT2D eigenvalue weighted by Gasteiger charge is 2.38. The van der Waals surface area contributed by atoms with Crippen LogP contribution in [-0.4, -0.2) is 64.6 Å². The van der Waals surface area contributed by atoms with Gasteiger partial charge in [-0.1, -0.05) is 12.1 Å². The van der Waals surface area contributed by atoms with Crippen LogP contribution in [0.1, 0.15) is 44.7 Å². The van der Waals surface area contributed by atoms with Crippen LogP contribution in [0.5, 0.6) is 0 Å². The maximum absolute atomic E-state index is 14.0. The summed E-state index contributed by atoms with van der Waals surface area (Å²) < 4.78 is 42.1. The number of likely N-dealkylation sites (tertiary alicyclic amines) is 1. The van der Waals surface area contributed by atoms with Gasteiger partial charge < -0.3 is 25.1 Å². The van der Waals surface area contributed by atoms with Crippen molar-refractivity contribution in [2.24, 2.45) is 0 Å². The van der Waals surface area contributed by atoms with E-state index in [1.54, 1.807) is 13.1 Å². The summed E-state index contributed by atoms with van der Waals surface area (Å²) in [6.07, 6.45) is -2.47. The summed E-state index contributed by atoms with van der Waals surface area (Å²) >= 11 is 0. The molecule has 2 N–H and O–H groups in total. The average molecular weight is 539 g/mol. The largest absolute Gasteiger partial charge is 0.417 e. The molecule has 0 bridgehead atoms. The molecular weight excluding hydrogens is 513 g/mol. The van der Waals surface area contributed by atoms with Crippen LogP contribution in [0.25, 0.3) is 0 Å². The molecule has 0 aliphatic carbocycles. The average Bonchev–Trinajstić information content (AvgIpc) is 3.33. The SMILES string of the molecule is CN1C(=O)c2cccc3c2N(CC3)c2nc(Nc3ccc(C(=O)N4CCC(O)CC4)c(C(F)(F)F)c3)ncc21. The van der Waals surface area contributed by atoms with Crippen molar-refractivity contribution in [3.63, 3.8) is 0 Å². The van der Waals surface area contributed by atoms with Gasteiger partial charge in [0, 0.05) is 32.4 Å². The number of para-hydroxylation sites is 1. The zero-order chi connectivity index (χ0) is 27.5. The molecule has 2 amide bonds. The zero-order valence-electron chi connectivity index (χ0n) is 21.0. The van der Waals surface area contributed by atoms with Gasteiger partial charge in [-0.15, -0.1) is 0 Å². The number of hydrogen-bond donors (Lipinski definition) is 2. The van der Waals surface area contributed by atoms with E-state index >= 15 is 0 Å². The second-order valence-corrected chi connectivity index (χ2v) is 9.89. The molecule has 0 saturated carbocycles. The van der Waals surface area contributed by atoms with Crippen molar-refractivity contribution in [1.82, 2.24) is 14.9 Å². The van der Waals surface area contributed by atoms with Crippen LogP contribution in [0.3, 0.4) is 0 Å². The Morgan fingerprint density at radius 1 is 1.13 bits per heavy atom. The Morgan fingerprint density at radius 3 is 2.64 bits per heavy atom. The van der Waals surface area contributed by atoms with Crippen molar-refractivity contribution in [3.05, 3.63) is 64.8 Å². The molecule has 1 aromatic heterocycles. The number of carbonyl (C=O) groups excluding carboxylic acids is 2. The Balaban J connectivity index is 1.33. The number of anilines is 5. The Bertz CT molecular complexity index is 1490. The first kappa shape index (κ1) is 25.1. The lowest BCUT2D eigenvalue weighted by Gasteiger charge is -2.30. The van der Waals surface area contributed by atoms with Crippen LogP contribution in [0.15, 0.2) is 42.6 Å². The minimum Gasteiger partial charge on any atom is -0.393 e. The fourth-order valence-corrected chi connectivity index (χ4v) is 5.40. The predicted molar refractivity (Wildman–Crippen MR) is 138 cm³/mol. The maximum atomic E-state index is 14.0. The van der Waals surface area contributed by atoms with Crippen molar-refractivity contribution in [3.8, 4) is 0 Å². The van der Waals surface area contributed by atoms with Crippen molar-refractivity contribution >= 4 is 40.6 Å². The lowest BCUT2D eigenvalue weighted by Crippen LogP contribution is -2.40. The van der Waals surface area contributed by atoms with Crippen molar-refractivity contribution in [2.45, 2.75) is 31.5 Å². The Hall–Kier alpha value is -4.19. The van der Waals surface area contributed by atoms with E-state index in [0.717, 1.165) is 29.8 Å². The predicted octanol–water partition coefficient (Wildman–Crippen LogP) is 4.12. The number of aliphatic hydroxyl groups excluding tert-OH is 1. The normalized spacial score (nSPS) is 17.2. The van der Waals surface area contributed by atoms with Gasteiger partial charge in [-0.05, 0) is 49.1 Å². The number of nitrogens with zero attached hydrogens (tertiary/aromatic N) is 5. The van der Waals surface area contributed by atoms with Gasteiger partial charge in [0.05, 0.1) is 34.7 Å². The van der Waals surface area contributed by atoms with E-state index in [1.165, 1.54) is 22.1 Å². The molecule has 3 aromatic rings. The van der Waals surface area contributed by atoms with Gasteiger partial charge in [-0.2, -0.15) is 18.2 Å². The van der Waals surface area contributed by atoms with Crippen molar-refractivity contribution in [1.29, 1.82) is 0 Å². The summed E-state index contributed by atoms with van der Waals surface area (Å²) in [6.45, 7) is 0.983. The number of nitrogens with one attached hydrogen (secondary N) is 1. The number of amides is 2. The maximum Gasteiger partial charge on any atom is 0.417 e. The Morgan fingerprint density at radius 2 is 1.90 bits per heavy atom. The van der Waals surface area contributed by atoms with E-state index < -0.39 is 29.3 Å². The fourth-order valence-electron chi connectivity index (χ4n) is 5.40. The number of aromatic nitrogens is 2. The highest BCUT2D eigenvalue weighted by Crippen LogP contribution is 2.44. The van der Waals surface area contributed by atoms with Gasteiger partial charge in [0.15, 0.2) is 5.82 Å². The molecule has 9 nitrogen and oxygen atoms in total. The number of alkyl halides is 3. The van der Waals surface area contributed by atoms with Gasteiger partial charge in [0.25, 0.3) is 11.8 Å². The van der Waals surface area contributed by atoms with E-state index in [0.29, 0.717) is 36.5 Å². The number of hydrogen-bond acceptors (Lipinski definition) is 7. The molecule has 1 saturated heterocycles. The smallest absolute Gasteiger partial charge is 0.393 e. The number of benzene rings is 2. The Kier molecular flexibility index (Phi) is 5.94. The van der Waals surface area contributed by atoms with E-state index in [9.17, 15) is 27.9 Å². The highest BCUT2D eigenvalue weighted by molar-refractivity contribution is 6.14. The molecule has 0 radical (unpaired) electrons. The number of rotatable bonds is 3. The molecule has 39 heavy (non-hydrogen) atoms. The first-order valence-corrected chi connectivity index (χ1v) is 12.6. The summed E-state index contributed by atoms with van der Waals surface area (Å²) in [5.74, 6) is -0.389. The molecule has 0 atom stereocenters. The van der Waals surface area contributed by atoms with E-state index in [2.05, 4.69) is 15.3 Å². The van der Waals surface area contributed by atoms with Crippen molar-refractivity contribution in [2.75, 3.05) is 41.8 Å². The molecule has 12 heteroatoms. The topological polar surface area (TPSA) is 102 Å². The quantitative estimate of drug-likeness (QED) is 0.517. The van der Waals surface area contributed by atoms with Gasteiger partial charge >= 0.3 is 6.18 Å². The van der Waals surface area contributed by atoms with Crippen LogP contribution in [0, 0.1) is 0 Å². The fraction of sp³-hybridized carbons (Fsp3) is 0.333. The molecule has 0 spiro atoms. The summed E-state index contributed by atoms with van der Waals surface area (Å²) in [7, 11) is 1.63. The number of fused-ring (bicyclic) bond motifs is 2. The molecule has 6 rings (SSSR count). The summed E-state index contributed by atoms with van der Waals surface area (Å²) in [4.78, 5) is 39.7. The first-order valence-electron chi connectivity index (χ1n) is 12.6. The first-order chi connectivity index (χ1) is 18.6. The van der Waals surface area contributed by atoms with Gasteiger partial charge in [-0.25, -0.2) is 4.98 Å². The van der Waals surface area contributed by atoms with Gasteiger partial charge in [0.2, 0.25) is 5.95 Å². The van der Waals surface area contributed by atoms with E-state index in [4.69, 9.17) is 0 Å². The molecule has 3 aliphatic rings. The monoisotopic (exact) mass is 538 g/mol. The zero-order valence-corrected chi connectivity index (χ0v) is 21.0. The van der Waals surface area contributed by atoms with Gasteiger partial charge in [-0.3, -0.25) is 9.59 Å². The third kappa shape index (κ3) is 4.34. The van der Waals surface area contributed by atoms with Gasteiger partial charge in [0.1, 0.15) is 5.69 Å². The number of halogens is 3. The summed E-state index contributed by atoms with van der Waals surface area (Å²) in [5.41, 5.74) is 1.39. The molecule has 0 unspecified atom stereocenters. The lowest BCUT2D eigenvalue weighted by molar-refractivity contribution is -0.138. The molecule has 4 heterocycles. The van der Waals surface area contributed by atoms with E-state index in [1.807, 2.05) is 17.0 Å². The standard InChI is InChI=1S/C27H25F3N6O3/c1-34-21-14-31-26(33-23(21)36-12-7-15-3-2-4-19(22(15)36)24(34)38)32-16-5-6-18(20(13-16)27(28,29)30)25(39)35-10-8-17(37)9-11-35/h2-6,13-14,17,37H,7-12H2,1H3,(H,31,32,33). The van der Waals surface area contributed by atoms with Crippen LogP contribution in [-0.2, 0) is 12.6 Å². The third-order valence-electron chi connectivity index (χ3n) is 7.46. The highest BCUT2D eigenvalue weighted by atomic mass is 19.4. The van der Waals surface area contributed by atoms with Crippen LogP contribution in [0.4, 0.5) is 42.0 Å². The van der Waals surface area contributed by atoms with Crippen molar-refractivity contribution < 1.29 is 27.9 Å². The lowest BCUT2D eigenvalue weighted by atomic mass is 10.0. The number of carbonyl (C=O) groups is 2. The van der Waals surface area contributed by atoms with Crippen LogP contribution in [0.2, 0.25) is 0 Å². The third-order valence-corrected chi connectivity index (χ3v) is 7.46. The minimum absolute atomic E-state index is 0.0552. The molecule has 202 valence electrons. The number of piperidine rings is 1. The molecular formula is C27H25F3N6O3. The molecule has 3 aliphatic heterocycles. The summed E-state index contributed by atoms with van der Waals surface area (Å²) in [6, 6.07) is 8.99. The molecule has 1 fully saturated rings. The summed E-state index contributed by atoms with van der Waals surface area (Å²) in [5, 5.41) is 12.5. The van der Waals surface area contributed by atoms with Crippen LogP contribution >= 0.6 is 0 Å². The minimum atomic E-state index is -4.77. The second-order valence-electron chi connectivity index (χ2n) is 9.89. The molecule has 2 aromatic carbocycles. The Labute approximate surface area is 221 Å². The van der Waals surface area contributed by atoms with E-state index in [-0.39, 0.29) is 30.6 Å². The number of aliphatic hydroxyl groups is 1.